The van der Waals surface area contributed by atoms with Gasteiger partial charge >= 0.3 is 6.09 Å². The fourth-order valence-electron chi connectivity index (χ4n) is 3.93. The van der Waals surface area contributed by atoms with Crippen molar-refractivity contribution in [2.45, 2.75) is 38.8 Å². The van der Waals surface area contributed by atoms with Gasteiger partial charge in [-0.15, -0.1) is 0 Å². The van der Waals surface area contributed by atoms with Gasteiger partial charge < -0.3 is 19.3 Å². The maximum atomic E-state index is 12.9. The number of carbonyl (C=O) groups excluding carboxylic acids is 2. The number of fused-ring (bicyclic) bond motifs is 1. The zero-order valence-corrected chi connectivity index (χ0v) is 15.6. The Balaban J connectivity index is 1.46. The molecule has 2 atom stereocenters. The number of hydrogen-bond donors (Lipinski definition) is 0. The fraction of sp³-hybridized carbons (Fsp3) is 0.889. The minimum Gasteiger partial charge on any atom is -0.449 e. The van der Waals surface area contributed by atoms with Crippen molar-refractivity contribution >= 4 is 12.0 Å². The van der Waals surface area contributed by atoms with Crippen LogP contribution in [0.1, 0.15) is 26.7 Å². The number of likely N-dealkylation sites (N-methyl/N-ethyl adjacent to an activating group) is 1. The van der Waals surface area contributed by atoms with Gasteiger partial charge in [0.2, 0.25) is 5.91 Å². The van der Waals surface area contributed by atoms with E-state index in [1.807, 2.05) is 18.7 Å². The van der Waals surface area contributed by atoms with Crippen LogP contribution in [0, 0.1) is 11.8 Å². The van der Waals surface area contributed by atoms with Crippen molar-refractivity contribution in [1.82, 2.24) is 14.7 Å². The highest BCUT2D eigenvalue weighted by Crippen LogP contribution is 2.26. The van der Waals surface area contributed by atoms with Crippen LogP contribution in [0.25, 0.3) is 0 Å². The highest BCUT2D eigenvalue weighted by atomic mass is 16.6. The summed E-state index contributed by atoms with van der Waals surface area (Å²) in [4.78, 5) is 30.9. The van der Waals surface area contributed by atoms with E-state index in [0.29, 0.717) is 38.2 Å². The second-order valence-corrected chi connectivity index (χ2v) is 7.93. The lowest BCUT2D eigenvalue weighted by Crippen LogP contribution is -2.48. The van der Waals surface area contributed by atoms with Crippen LogP contribution in [0.3, 0.4) is 0 Å². The summed E-state index contributed by atoms with van der Waals surface area (Å²) in [5, 5.41) is 0. The quantitative estimate of drug-likeness (QED) is 0.758. The molecule has 7 nitrogen and oxygen atoms in total. The predicted octanol–water partition coefficient (Wildman–Crippen LogP) is 1.03. The molecule has 0 spiro atoms. The van der Waals surface area contributed by atoms with Crippen molar-refractivity contribution in [2.24, 2.45) is 11.8 Å². The van der Waals surface area contributed by atoms with Crippen molar-refractivity contribution in [3.05, 3.63) is 0 Å². The molecule has 0 aromatic heterocycles. The molecule has 2 amide bonds. The molecule has 0 bridgehead atoms. The summed E-state index contributed by atoms with van der Waals surface area (Å²) in [5.41, 5.74) is 0. The molecular formula is C18H31N3O4. The second-order valence-electron chi connectivity index (χ2n) is 7.93. The SMILES string of the molecule is CC(C)COC(=O)N1CCC(C(=O)N2C[C@H]3OCCN(C)[C@H]3C2)CC1. The van der Waals surface area contributed by atoms with Crippen LogP contribution in [-0.4, -0.2) is 91.8 Å². The van der Waals surface area contributed by atoms with E-state index in [9.17, 15) is 9.59 Å². The molecule has 3 aliphatic rings. The van der Waals surface area contributed by atoms with E-state index in [1.54, 1.807) is 4.90 Å². The first-order valence-electron chi connectivity index (χ1n) is 9.48. The summed E-state index contributed by atoms with van der Waals surface area (Å²) in [6.45, 7) is 8.83. The van der Waals surface area contributed by atoms with E-state index in [0.717, 1.165) is 32.5 Å². The number of hydrogen-bond acceptors (Lipinski definition) is 5. The van der Waals surface area contributed by atoms with E-state index in [4.69, 9.17) is 9.47 Å². The van der Waals surface area contributed by atoms with Gasteiger partial charge in [-0.3, -0.25) is 9.69 Å². The number of morpholine rings is 1. The third-order valence-electron chi connectivity index (χ3n) is 5.53. The van der Waals surface area contributed by atoms with Crippen LogP contribution in [0.2, 0.25) is 0 Å². The smallest absolute Gasteiger partial charge is 0.409 e. The molecule has 0 aromatic carbocycles. The van der Waals surface area contributed by atoms with Gasteiger partial charge in [-0.1, -0.05) is 13.8 Å². The summed E-state index contributed by atoms with van der Waals surface area (Å²) in [7, 11) is 2.11. The van der Waals surface area contributed by atoms with Crippen LogP contribution in [-0.2, 0) is 14.3 Å². The zero-order valence-electron chi connectivity index (χ0n) is 15.6. The van der Waals surface area contributed by atoms with Crippen molar-refractivity contribution < 1.29 is 19.1 Å². The number of rotatable bonds is 3. The molecule has 3 rings (SSSR count). The third kappa shape index (κ3) is 4.26. The standard InChI is InChI=1S/C18H31N3O4/c1-13(2)12-25-18(23)20-6-4-14(5-7-20)17(22)21-10-15-16(11-21)24-9-8-19(15)3/h13-16H,4-12H2,1-3H3/t15-,16+/m0/s1. The van der Waals surface area contributed by atoms with Gasteiger partial charge in [0, 0.05) is 38.6 Å². The Morgan fingerprint density at radius 3 is 2.48 bits per heavy atom. The molecule has 3 aliphatic heterocycles. The molecular weight excluding hydrogens is 322 g/mol. The number of likely N-dealkylation sites (tertiary alicyclic amines) is 2. The third-order valence-corrected chi connectivity index (χ3v) is 5.53. The molecule has 0 N–H and O–H groups in total. The van der Waals surface area contributed by atoms with Gasteiger partial charge in [-0.2, -0.15) is 0 Å². The fourth-order valence-corrected chi connectivity index (χ4v) is 3.93. The zero-order chi connectivity index (χ0) is 18.0. The van der Waals surface area contributed by atoms with Crippen molar-refractivity contribution in [2.75, 3.05) is 53.0 Å². The molecule has 0 aliphatic carbocycles. The van der Waals surface area contributed by atoms with Crippen molar-refractivity contribution in [3.63, 3.8) is 0 Å². The first-order chi connectivity index (χ1) is 12.0. The normalized spacial score (nSPS) is 28.3. The summed E-state index contributed by atoms with van der Waals surface area (Å²) >= 11 is 0. The Morgan fingerprint density at radius 1 is 1.12 bits per heavy atom. The number of piperidine rings is 1. The minimum absolute atomic E-state index is 0.0135. The van der Waals surface area contributed by atoms with Crippen LogP contribution in [0.4, 0.5) is 4.79 Å². The monoisotopic (exact) mass is 353 g/mol. The molecule has 3 saturated heterocycles. The van der Waals surface area contributed by atoms with Crippen LogP contribution >= 0.6 is 0 Å². The molecule has 0 radical (unpaired) electrons. The number of amides is 2. The van der Waals surface area contributed by atoms with Gasteiger partial charge in [-0.25, -0.2) is 4.79 Å². The maximum absolute atomic E-state index is 12.9. The average molecular weight is 353 g/mol. The summed E-state index contributed by atoms with van der Waals surface area (Å²) in [6, 6.07) is 0.323. The highest BCUT2D eigenvalue weighted by molar-refractivity contribution is 5.80. The lowest BCUT2D eigenvalue weighted by Gasteiger charge is -2.33. The Kier molecular flexibility index (Phi) is 5.84. The molecule has 0 saturated carbocycles. The summed E-state index contributed by atoms with van der Waals surface area (Å²) in [5.74, 6) is 0.573. The largest absolute Gasteiger partial charge is 0.449 e. The van der Waals surface area contributed by atoms with Gasteiger partial charge in [0.05, 0.1) is 25.4 Å². The van der Waals surface area contributed by atoms with Gasteiger partial charge in [0.25, 0.3) is 0 Å². The van der Waals surface area contributed by atoms with E-state index in [2.05, 4.69) is 11.9 Å². The van der Waals surface area contributed by atoms with Crippen LogP contribution in [0.15, 0.2) is 0 Å². The average Bonchev–Trinajstić information content (AvgIpc) is 3.05. The molecule has 3 fully saturated rings. The van der Waals surface area contributed by atoms with Gasteiger partial charge in [-0.05, 0) is 25.8 Å². The topological polar surface area (TPSA) is 62.3 Å². The molecule has 25 heavy (non-hydrogen) atoms. The van der Waals surface area contributed by atoms with E-state index < -0.39 is 0 Å². The van der Waals surface area contributed by atoms with E-state index in [1.165, 1.54) is 0 Å². The lowest BCUT2D eigenvalue weighted by atomic mass is 9.95. The molecule has 3 heterocycles. The predicted molar refractivity (Wildman–Crippen MR) is 93.2 cm³/mol. The van der Waals surface area contributed by atoms with Crippen molar-refractivity contribution in [3.8, 4) is 0 Å². The van der Waals surface area contributed by atoms with Crippen molar-refractivity contribution in [1.29, 1.82) is 0 Å². The van der Waals surface area contributed by atoms with Gasteiger partial charge in [0.15, 0.2) is 0 Å². The summed E-state index contributed by atoms with van der Waals surface area (Å²) < 4.78 is 11.1. The Hall–Kier alpha value is -1.34. The minimum atomic E-state index is -0.248. The van der Waals surface area contributed by atoms with Crippen LogP contribution in [0.5, 0.6) is 0 Å². The number of carbonyl (C=O) groups is 2. The second kappa shape index (κ2) is 7.91. The first-order valence-corrected chi connectivity index (χ1v) is 9.48. The Morgan fingerprint density at radius 2 is 1.84 bits per heavy atom. The lowest BCUT2D eigenvalue weighted by molar-refractivity contribution is -0.136. The van der Waals surface area contributed by atoms with Crippen LogP contribution < -0.4 is 0 Å². The summed E-state index contributed by atoms with van der Waals surface area (Å²) in [6.07, 6.45) is 1.34. The molecule has 142 valence electrons. The number of nitrogens with zero attached hydrogens (tertiary/aromatic N) is 3. The molecule has 0 aromatic rings. The molecule has 7 heteroatoms. The first kappa shape index (κ1) is 18.5. The van der Waals surface area contributed by atoms with E-state index in [-0.39, 0.29) is 24.0 Å². The maximum Gasteiger partial charge on any atom is 0.409 e. The highest BCUT2D eigenvalue weighted by Gasteiger charge is 2.42. The van der Waals surface area contributed by atoms with Gasteiger partial charge in [0.1, 0.15) is 0 Å². The van der Waals surface area contributed by atoms with E-state index >= 15 is 0 Å². The Labute approximate surface area is 150 Å². The molecule has 0 unspecified atom stereocenters. The number of ether oxygens (including phenoxy) is 2. The Bertz CT molecular complexity index is 491.